The van der Waals surface area contributed by atoms with Gasteiger partial charge in [0, 0.05) is 24.4 Å². The van der Waals surface area contributed by atoms with Crippen LogP contribution in [-0.4, -0.2) is 23.0 Å². The topological polar surface area (TPSA) is 102 Å². The Morgan fingerprint density at radius 3 is 2.54 bits per heavy atom. The van der Waals surface area contributed by atoms with Crippen LogP contribution in [0.4, 0.5) is 5.82 Å². The summed E-state index contributed by atoms with van der Waals surface area (Å²) in [5, 5.41) is 12.7. The molecule has 0 bridgehead atoms. The first-order chi connectivity index (χ1) is 11.3. The van der Waals surface area contributed by atoms with Gasteiger partial charge in [-0.2, -0.15) is 9.61 Å². The van der Waals surface area contributed by atoms with Gasteiger partial charge in [-0.3, -0.25) is 0 Å². The standard InChI is InChI=1S/C16H19N5O2S/c1-11(2)14-9-16(21-15(20-14)7-8-19-21)18-10-12-3-5-13(6-4-12)24(17,22)23/h3-9,11,18H,10H2,1-2H3,(H2,17,22,23). The number of nitrogens with zero attached hydrogens (tertiary/aromatic N) is 3. The highest BCUT2D eigenvalue weighted by Gasteiger charge is 2.10. The van der Waals surface area contributed by atoms with Crippen LogP contribution in [0.25, 0.3) is 5.65 Å². The van der Waals surface area contributed by atoms with Crippen LogP contribution in [0.3, 0.4) is 0 Å². The number of primary sulfonamides is 1. The normalized spacial score (nSPS) is 12.0. The van der Waals surface area contributed by atoms with E-state index < -0.39 is 10.0 Å². The maximum absolute atomic E-state index is 11.3. The molecular weight excluding hydrogens is 326 g/mol. The summed E-state index contributed by atoms with van der Waals surface area (Å²) in [6, 6.07) is 10.3. The summed E-state index contributed by atoms with van der Waals surface area (Å²) >= 11 is 0. The molecule has 2 heterocycles. The number of anilines is 1. The number of aromatic nitrogens is 3. The average Bonchev–Trinajstić information content (AvgIpc) is 3.00. The number of nitrogens with one attached hydrogen (secondary N) is 1. The predicted molar refractivity (Wildman–Crippen MR) is 92.2 cm³/mol. The third-order valence-corrected chi connectivity index (χ3v) is 4.63. The lowest BCUT2D eigenvalue weighted by atomic mass is 10.1. The Kier molecular flexibility index (Phi) is 4.25. The molecule has 0 spiro atoms. The van der Waals surface area contributed by atoms with Crippen LogP contribution in [0.1, 0.15) is 31.0 Å². The molecule has 0 aliphatic rings. The highest BCUT2D eigenvalue weighted by molar-refractivity contribution is 7.89. The Bertz CT molecular complexity index is 962. The van der Waals surface area contributed by atoms with Crippen molar-refractivity contribution in [3.8, 4) is 0 Å². The summed E-state index contributed by atoms with van der Waals surface area (Å²) in [5.41, 5.74) is 2.70. The smallest absolute Gasteiger partial charge is 0.238 e. The fourth-order valence-corrected chi connectivity index (χ4v) is 2.86. The first kappa shape index (κ1) is 16.4. The number of rotatable bonds is 5. The van der Waals surface area contributed by atoms with Crippen molar-refractivity contribution in [2.75, 3.05) is 5.32 Å². The minimum absolute atomic E-state index is 0.103. The van der Waals surface area contributed by atoms with Gasteiger partial charge in [-0.1, -0.05) is 26.0 Å². The zero-order valence-corrected chi connectivity index (χ0v) is 14.3. The molecular formula is C16H19N5O2S. The Morgan fingerprint density at radius 1 is 1.21 bits per heavy atom. The van der Waals surface area contributed by atoms with Crippen molar-refractivity contribution in [2.45, 2.75) is 31.2 Å². The molecule has 3 aromatic rings. The first-order valence-corrected chi connectivity index (χ1v) is 9.09. The van der Waals surface area contributed by atoms with Crippen LogP contribution in [0, 0.1) is 0 Å². The molecule has 0 saturated heterocycles. The zero-order valence-electron chi connectivity index (χ0n) is 13.5. The Balaban J connectivity index is 1.84. The van der Waals surface area contributed by atoms with Gasteiger partial charge in [-0.05, 0) is 23.6 Å². The molecule has 3 N–H and O–H groups in total. The Morgan fingerprint density at radius 2 is 1.92 bits per heavy atom. The second kappa shape index (κ2) is 6.21. The van der Waals surface area contributed by atoms with Crippen molar-refractivity contribution in [1.82, 2.24) is 14.6 Å². The van der Waals surface area contributed by atoms with E-state index in [0.29, 0.717) is 12.5 Å². The van der Waals surface area contributed by atoms with Crippen LogP contribution in [0.15, 0.2) is 47.5 Å². The lowest BCUT2D eigenvalue weighted by Crippen LogP contribution is -2.12. The Labute approximate surface area is 140 Å². The number of hydrogen-bond acceptors (Lipinski definition) is 5. The van der Waals surface area contributed by atoms with E-state index in [1.807, 2.05) is 12.1 Å². The number of nitrogens with two attached hydrogens (primary N) is 1. The summed E-state index contributed by atoms with van der Waals surface area (Å²) in [6.45, 7) is 4.71. The molecule has 0 fully saturated rings. The largest absolute Gasteiger partial charge is 0.366 e. The highest BCUT2D eigenvalue weighted by Crippen LogP contribution is 2.19. The van der Waals surface area contributed by atoms with Crippen LogP contribution in [0.5, 0.6) is 0 Å². The molecule has 7 nitrogen and oxygen atoms in total. The minimum atomic E-state index is -3.67. The molecule has 8 heteroatoms. The lowest BCUT2D eigenvalue weighted by Gasteiger charge is -2.12. The van der Waals surface area contributed by atoms with Gasteiger partial charge in [-0.15, -0.1) is 0 Å². The zero-order chi connectivity index (χ0) is 17.3. The van der Waals surface area contributed by atoms with Crippen molar-refractivity contribution < 1.29 is 8.42 Å². The first-order valence-electron chi connectivity index (χ1n) is 7.55. The summed E-state index contributed by atoms with van der Waals surface area (Å²) in [6.07, 6.45) is 1.71. The third kappa shape index (κ3) is 3.39. The molecule has 0 saturated carbocycles. The van der Waals surface area contributed by atoms with Gasteiger partial charge in [0.2, 0.25) is 10.0 Å². The van der Waals surface area contributed by atoms with Crippen LogP contribution in [-0.2, 0) is 16.6 Å². The fourth-order valence-electron chi connectivity index (χ4n) is 2.34. The van der Waals surface area contributed by atoms with Gasteiger partial charge >= 0.3 is 0 Å². The summed E-state index contributed by atoms with van der Waals surface area (Å²) in [7, 11) is -3.67. The summed E-state index contributed by atoms with van der Waals surface area (Å²) in [5.74, 6) is 1.14. The fraction of sp³-hybridized carbons (Fsp3) is 0.250. The maximum Gasteiger partial charge on any atom is 0.238 e. The van der Waals surface area contributed by atoms with Gasteiger partial charge < -0.3 is 5.32 Å². The molecule has 126 valence electrons. The quantitative estimate of drug-likeness (QED) is 0.737. The van der Waals surface area contributed by atoms with Crippen molar-refractivity contribution in [1.29, 1.82) is 0 Å². The molecule has 0 aliphatic heterocycles. The van der Waals surface area contributed by atoms with Crippen molar-refractivity contribution in [3.63, 3.8) is 0 Å². The molecule has 3 rings (SSSR count). The number of sulfonamides is 1. The number of benzene rings is 1. The van der Waals surface area contributed by atoms with Gasteiger partial charge in [0.15, 0.2) is 5.65 Å². The van der Waals surface area contributed by atoms with Crippen LogP contribution < -0.4 is 10.5 Å². The maximum atomic E-state index is 11.3. The minimum Gasteiger partial charge on any atom is -0.366 e. The van der Waals surface area contributed by atoms with E-state index in [1.54, 1.807) is 22.8 Å². The van der Waals surface area contributed by atoms with Crippen LogP contribution in [0.2, 0.25) is 0 Å². The average molecular weight is 345 g/mol. The molecule has 24 heavy (non-hydrogen) atoms. The van der Waals surface area contributed by atoms with E-state index >= 15 is 0 Å². The van der Waals surface area contributed by atoms with Crippen molar-refractivity contribution in [3.05, 3.63) is 53.9 Å². The predicted octanol–water partition coefficient (Wildman–Crippen LogP) is 2.11. The number of fused-ring (bicyclic) bond motifs is 1. The lowest BCUT2D eigenvalue weighted by molar-refractivity contribution is 0.598. The molecule has 0 radical (unpaired) electrons. The van der Waals surface area contributed by atoms with Crippen molar-refractivity contribution in [2.24, 2.45) is 5.14 Å². The van der Waals surface area contributed by atoms with Gasteiger partial charge in [0.25, 0.3) is 0 Å². The van der Waals surface area contributed by atoms with Gasteiger partial charge in [-0.25, -0.2) is 18.5 Å². The Hall–Kier alpha value is -2.45. The van der Waals surface area contributed by atoms with E-state index in [4.69, 9.17) is 5.14 Å². The molecule has 1 aromatic carbocycles. The SMILES string of the molecule is CC(C)c1cc(NCc2ccc(S(N)(=O)=O)cc2)n2nccc2n1. The third-order valence-electron chi connectivity index (χ3n) is 3.70. The van der Waals surface area contributed by atoms with E-state index in [-0.39, 0.29) is 4.90 Å². The monoisotopic (exact) mass is 345 g/mol. The van der Waals surface area contributed by atoms with E-state index in [0.717, 1.165) is 22.7 Å². The van der Waals surface area contributed by atoms with E-state index in [9.17, 15) is 8.42 Å². The van der Waals surface area contributed by atoms with Crippen LogP contribution >= 0.6 is 0 Å². The molecule has 0 amide bonds. The van der Waals surface area contributed by atoms with Crippen molar-refractivity contribution >= 4 is 21.5 Å². The second-order valence-electron chi connectivity index (χ2n) is 5.86. The number of hydrogen-bond donors (Lipinski definition) is 2. The van der Waals surface area contributed by atoms with Gasteiger partial charge in [0.1, 0.15) is 5.82 Å². The molecule has 2 aromatic heterocycles. The van der Waals surface area contributed by atoms with Gasteiger partial charge in [0.05, 0.1) is 11.1 Å². The summed E-state index contributed by atoms with van der Waals surface area (Å²) < 4.78 is 24.3. The molecule has 0 atom stereocenters. The highest BCUT2D eigenvalue weighted by atomic mass is 32.2. The summed E-state index contributed by atoms with van der Waals surface area (Å²) in [4.78, 5) is 4.67. The molecule has 0 aliphatic carbocycles. The molecule has 0 unspecified atom stereocenters. The van der Waals surface area contributed by atoms with E-state index in [2.05, 4.69) is 29.2 Å². The second-order valence-corrected chi connectivity index (χ2v) is 7.43. The van der Waals surface area contributed by atoms with E-state index in [1.165, 1.54) is 12.1 Å².